The number of halogens is 1. The van der Waals surface area contributed by atoms with Crippen molar-refractivity contribution in [2.75, 3.05) is 31.6 Å². The second-order valence-electron chi connectivity index (χ2n) is 6.52. The van der Waals surface area contributed by atoms with Crippen molar-refractivity contribution in [3.8, 4) is 0 Å². The fourth-order valence-corrected chi connectivity index (χ4v) is 2.90. The molecule has 1 amide bonds. The topological polar surface area (TPSA) is 85.8 Å². The zero-order valence-electron chi connectivity index (χ0n) is 16.6. The van der Waals surface area contributed by atoms with Gasteiger partial charge in [0.25, 0.3) is 0 Å². The molecule has 1 aromatic carbocycles. The largest absolute Gasteiger partial charge is 0.396 e. The Morgan fingerprint density at radius 2 is 2.04 bits per heavy atom. The predicted octanol–water partition coefficient (Wildman–Crippen LogP) is 3.33. The van der Waals surface area contributed by atoms with E-state index in [1.54, 1.807) is 6.07 Å². The first-order valence-electron chi connectivity index (χ1n) is 9.69. The third-order valence-corrected chi connectivity index (χ3v) is 4.68. The molecule has 27 heavy (non-hydrogen) atoms. The summed E-state index contributed by atoms with van der Waals surface area (Å²) in [7, 11) is 0. The number of hydrogen-bond donors (Lipinski definition) is 4. The normalized spacial score (nSPS) is 12.6. The van der Waals surface area contributed by atoms with Crippen LogP contribution < -0.4 is 16.0 Å². The molecule has 152 valence electrons. The predicted molar refractivity (Wildman–Crippen MR) is 114 cm³/mol. The summed E-state index contributed by atoms with van der Waals surface area (Å²) in [5.74, 6) is 1.00. The van der Waals surface area contributed by atoms with E-state index in [0.717, 1.165) is 37.1 Å². The number of anilines is 1. The van der Waals surface area contributed by atoms with Gasteiger partial charge >= 0.3 is 0 Å². The quantitative estimate of drug-likeness (QED) is 0.341. The van der Waals surface area contributed by atoms with E-state index in [2.05, 4.69) is 27.9 Å². The molecule has 0 heterocycles. The van der Waals surface area contributed by atoms with Crippen molar-refractivity contribution in [2.24, 2.45) is 10.9 Å². The molecule has 4 N–H and O–H groups in total. The van der Waals surface area contributed by atoms with Gasteiger partial charge in [0.15, 0.2) is 5.96 Å². The lowest BCUT2D eigenvalue weighted by atomic mass is 10.0. The van der Waals surface area contributed by atoms with Crippen molar-refractivity contribution in [1.82, 2.24) is 10.6 Å². The molecular weight excluding hydrogens is 364 g/mol. The van der Waals surface area contributed by atoms with E-state index in [-0.39, 0.29) is 12.5 Å². The van der Waals surface area contributed by atoms with Gasteiger partial charge in [-0.2, -0.15) is 0 Å². The third-order valence-electron chi connectivity index (χ3n) is 4.27. The molecule has 1 rings (SSSR count). The summed E-state index contributed by atoms with van der Waals surface area (Å²) in [6.45, 7) is 8.10. The number of amides is 1. The van der Waals surface area contributed by atoms with Gasteiger partial charge < -0.3 is 21.1 Å². The molecule has 0 saturated carbocycles. The van der Waals surface area contributed by atoms with E-state index >= 15 is 0 Å². The highest BCUT2D eigenvalue weighted by molar-refractivity contribution is 6.31. The standard InChI is InChI=1S/C20H33ClN4O2/c1-4-7-16(11-13-26)14-24-20(22-5-2)23-12-10-19(27)25-18-9-6-8-17(21)15(18)3/h6,8-9,16,26H,4-5,7,10-14H2,1-3H3,(H,25,27)(H2,22,23,24). The van der Waals surface area contributed by atoms with Crippen LogP contribution in [0.2, 0.25) is 5.02 Å². The van der Waals surface area contributed by atoms with Gasteiger partial charge in [-0.15, -0.1) is 0 Å². The first-order chi connectivity index (χ1) is 13.0. The van der Waals surface area contributed by atoms with Gasteiger partial charge in [0.1, 0.15) is 0 Å². The zero-order valence-corrected chi connectivity index (χ0v) is 17.4. The Bertz CT molecular complexity index is 602. The van der Waals surface area contributed by atoms with Crippen LogP contribution in [-0.4, -0.2) is 43.2 Å². The van der Waals surface area contributed by atoms with Crippen molar-refractivity contribution in [3.05, 3.63) is 28.8 Å². The number of benzene rings is 1. The molecule has 1 atom stereocenters. The van der Waals surface area contributed by atoms with Crippen molar-refractivity contribution in [3.63, 3.8) is 0 Å². The molecule has 0 saturated heterocycles. The summed E-state index contributed by atoms with van der Waals surface area (Å²) < 4.78 is 0. The van der Waals surface area contributed by atoms with Crippen LogP contribution in [-0.2, 0) is 4.79 Å². The van der Waals surface area contributed by atoms with Crippen LogP contribution in [0.3, 0.4) is 0 Å². The third kappa shape index (κ3) is 9.11. The number of carbonyl (C=O) groups excluding carboxylic acids is 1. The fourth-order valence-electron chi connectivity index (χ4n) is 2.73. The molecule has 1 aromatic rings. The van der Waals surface area contributed by atoms with Crippen LogP contribution in [0.4, 0.5) is 5.69 Å². The molecule has 0 aliphatic carbocycles. The van der Waals surface area contributed by atoms with Crippen LogP contribution in [0.15, 0.2) is 23.2 Å². The van der Waals surface area contributed by atoms with Crippen molar-refractivity contribution >= 4 is 29.2 Å². The number of nitrogens with zero attached hydrogens (tertiary/aromatic N) is 1. The molecule has 0 aromatic heterocycles. The fraction of sp³-hybridized carbons (Fsp3) is 0.600. The van der Waals surface area contributed by atoms with Crippen molar-refractivity contribution < 1.29 is 9.90 Å². The minimum atomic E-state index is -0.0761. The van der Waals surface area contributed by atoms with Gasteiger partial charge in [-0.05, 0) is 50.3 Å². The number of aliphatic hydroxyl groups is 1. The maximum Gasteiger partial charge on any atom is 0.226 e. The average molecular weight is 397 g/mol. The molecule has 0 radical (unpaired) electrons. The second kappa shape index (κ2) is 13.4. The number of aliphatic hydroxyl groups excluding tert-OH is 1. The minimum absolute atomic E-state index is 0.0761. The summed E-state index contributed by atoms with van der Waals surface area (Å²) in [4.78, 5) is 16.8. The van der Waals surface area contributed by atoms with Gasteiger partial charge in [0.2, 0.25) is 5.91 Å². The number of aliphatic imine (C=N–C) groups is 1. The molecule has 0 aliphatic rings. The van der Waals surface area contributed by atoms with Gasteiger partial charge in [0.05, 0.1) is 0 Å². The lowest BCUT2D eigenvalue weighted by Crippen LogP contribution is -2.39. The van der Waals surface area contributed by atoms with E-state index in [4.69, 9.17) is 16.7 Å². The number of rotatable bonds is 11. The van der Waals surface area contributed by atoms with E-state index < -0.39 is 0 Å². The molecular formula is C20H33ClN4O2. The first-order valence-corrected chi connectivity index (χ1v) is 10.1. The Labute approximate surface area is 167 Å². The SMILES string of the molecule is CCCC(CCO)CN=C(NCC)NCCC(=O)Nc1cccc(Cl)c1C. The smallest absolute Gasteiger partial charge is 0.226 e. The lowest BCUT2D eigenvalue weighted by Gasteiger charge is -2.15. The maximum atomic E-state index is 12.2. The Morgan fingerprint density at radius 1 is 1.26 bits per heavy atom. The van der Waals surface area contributed by atoms with Crippen LogP contribution in [0.25, 0.3) is 0 Å². The highest BCUT2D eigenvalue weighted by Gasteiger charge is 2.09. The van der Waals surface area contributed by atoms with Crippen molar-refractivity contribution in [1.29, 1.82) is 0 Å². The van der Waals surface area contributed by atoms with Crippen LogP contribution in [0, 0.1) is 12.8 Å². The van der Waals surface area contributed by atoms with E-state index in [1.165, 1.54) is 0 Å². The number of guanidine groups is 1. The van der Waals surface area contributed by atoms with E-state index in [1.807, 2.05) is 26.0 Å². The molecule has 0 bridgehead atoms. The maximum absolute atomic E-state index is 12.2. The van der Waals surface area contributed by atoms with Gasteiger partial charge in [-0.25, -0.2) is 0 Å². The van der Waals surface area contributed by atoms with Gasteiger partial charge in [-0.3, -0.25) is 9.79 Å². The number of carbonyl (C=O) groups is 1. The summed E-state index contributed by atoms with van der Waals surface area (Å²) in [5.41, 5.74) is 1.60. The van der Waals surface area contributed by atoms with E-state index in [9.17, 15) is 4.79 Å². The molecule has 6 nitrogen and oxygen atoms in total. The lowest BCUT2D eigenvalue weighted by molar-refractivity contribution is -0.116. The van der Waals surface area contributed by atoms with Gasteiger partial charge in [-0.1, -0.05) is 31.0 Å². The van der Waals surface area contributed by atoms with Crippen molar-refractivity contribution in [2.45, 2.75) is 46.5 Å². The monoisotopic (exact) mass is 396 g/mol. The molecule has 0 aliphatic heterocycles. The molecule has 7 heteroatoms. The zero-order chi connectivity index (χ0) is 20.1. The van der Waals surface area contributed by atoms with Crippen LogP contribution in [0.5, 0.6) is 0 Å². The average Bonchev–Trinajstić information content (AvgIpc) is 2.63. The Morgan fingerprint density at radius 3 is 2.70 bits per heavy atom. The first kappa shape index (κ1) is 23.2. The summed E-state index contributed by atoms with van der Waals surface area (Å²) in [6, 6.07) is 5.46. The number of nitrogens with one attached hydrogen (secondary N) is 3. The second-order valence-corrected chi connectivity index (χ2v) is 6.93. The minimum Gasteiger partial charge on any atom is -0.396 e. The molecule has 0 fully saturated rings. The Balaban J connectivity index is 2.50. The van der Waals surface area contributed by atoms with Crippen LogP contribution >= 0.6 is 11.6 Å². The summed E-state index contributed by atoms with van der Waals surface area (Å²) >= 11 is 6.08. The highest BCUT2D eigenvalue weighted by atomic mass is 35.5. The molecule has 0 spiro atoms. The van der Waals surface area contributed by atoms with Crippen LogP contribution in [0.1, 0.15) is 45.1 Å². The summed E-state index contributed by atoms with van der Waals surface area (Å²) in [6.07, 6.45) is 3.21. The highest BCUT2D eigenvalue weighted by Crippen LogP contribution is 2.22. The van der Waals surface area contributed by atoms with E-state index in [0.29, 0.717) is 36.4 Å². The Hall–Kier alpha value is -1.79. The summed E-state index contributed by atoms with van der Waals surface area (Å²) in [5, 5.41) is 19.1. The molecule has 1 unspecified atom stereocenters. The Kier molecular flexibility index (Phi) is 11.5. The number of hydrogen-bond acceptors (Lipinski definition) is 3. The van der Waals surface area contributed by atoms with Gasteiger partial charge in [0, 0.05) is 43.4 Å².